The summed E-state index contributed by atoms with van der Waals surface area (Å²) in [5.41, 5.74) is 1.97. The van der Waals surface area contributed by atoms with Crippen LogP contribution in [0.2, 0.25) is 0 Å². The molecule has 1 N–H and O–H groups in total. The lowest BCUT2D eigenvalue weighted by Crippen LogP contribution is -2.54. The van der Waals surface area contributed by atoms with Crippen LogP contribution < -0.4 is 5.32 Å². The molecule has 0 atom stereocenters. The average Bonchev–Trinajstić information content (AvgIpc) is 2.69. The van der Waals surface area contributed by atoms with Gasteiger partial charge < -0.3 is 10.1 Å². The zero-order valence-corrected chi connectivity index (χ0v) is 15.4. The second-order valence-corrected chi connectivity index (χ2v) is 7.30. The Balaban J connectivity index is 1.53. The molecule has 2 aromatic carbocycles. The SMILES string of the molecule is O=C(Cc1cncc2ccccc12)NC1(Cc2ccccc2)CCOCC1. The molecule has 0 spiro atoms. The van der Waals surface area contributed by atoms with Gasteiger partial charge in [0.2, 0.25) is 5.91 Å². The first kappa shape index (κ1) is 17.7. The quantitative estimate of drug-likeness (QED) is 0.755. The first-order valence-corrected chi connectivity index (χ1v) is 9.48. The molecular weight excluding hydrogens is 336 g/mol. The zero-order chi connectivity index (χ0) is 18.5. The number of rotatable bonds is 5. The van der Waals surface area contributed by atoms with Gasteiger partial charge in [0.15, 0.2) is 0 Å². The third kappa shape index (κ3) is 4.17. The number of nitrogens with one attached hydrogen (secondary N) is 1. The first-order chi connectivity index (χ1) is 13.2. The van der Waals surface area contributed by atoms with E-state index >= 15 is 0 Å². The summed E-state index contributed by atoms with van der Waals surface area (Å²) in [7, 11) is 0. The number of amides is 1. The fourth-order valence-corrected chi connectivity index (χ4v) is 3.93. The molecule has 4 nitrogen and oxygen atoms in total. The van der Waals surface area contributed by atoms with E-state index in [-0.39, 0.29) is 11.4 Å². The van der Waals surface area contributed by atoms with Crippen LogP contribution in [0.25, 0.3) is 10.8 Å². The number of aromatic nitrogens is 1. The highest BCUT2D eigenvalue weighted by atomic mass is 16.5. The molecule has 1 saturated heterocycles. The summed E-state index contributed by atoms with van der Waals surface area (Å²) in [5.74, 6) is 0.0472. The molecule has 1 amide bonds. The van der Waals surface area contributed by atoms with Crippen LogP contribution in [-0.2, 0) is 22.4 Å². The molecule has 0 saturated carbocycles. The Kier molecular flexibility index (Phi) is 5.16. The molecule has 138 valence electrons. The average molecular weight is 360 g/mol. The third-order valence-electron chi connectivity index (χ3n) is 5.34. The largest absolute Gasteiger partial charge is 0.381 e. The summed E-state index contributed by atoms with van der Waals surface area (Å²) in [5, 5.41) is 5.50. The van der Waals surface area contributed by atoms with Gasteiger partial charge in [-0.1, -0.05) is 54.6 Å². The number of hydrogen-bond acceptors (Lipinski definition) is 3. The Morgan fingerprint density at radius 3 is 2.56 bits per heavy atom. The molecule has 1 fully saturated rings. The number of carbonyl (C=O) groups is 1. The summed E-state index contributed by atoms with van der Waals surface area (Å²) < 4.78 is 5.56. The molecule has 2 heterocycles. The molecule has 0 radical (unpaired) electrons. The van der Waals surface area contributed by atoms with E-state index in [1.807, 2.05) is 48.7 Å². The fraction of sp³-hybridized carbons (Fsp3) is 0.304. The van der Waals surface area contributed by atoms with Crippen molar-refractivity contribution >= 4 is 16.7 Å². The summed E-state index contributed by atoms with van der Waals surface area (Å²) in [6.07, 6.45) is 6.48. The minimum absolute atomic E-state index is 0.0472. The molecule has 0 unspecified atom stereocenters. The molecule has 4 rings (SSSR count). The topological polar surface area (TPSA) is 51.2 Å². The lowest BCUT2D eigenvalue weighted by Gasteiger charge is -2.38. The van der Waals surface area contributed by atoms with Crippen molar-refractivity contribution in [1.82, 2.24) is 10.3 Å². The standard InChI is InChI=1S/C23H24N2O2/c26-22(14-20-17-24-16-19-8-4-5-9-21(19)20)25-23(10-12-27-13-11-23)15-18-6-2-1-3-7-18/h1-9,16-17H,10-15H2,(H,25,26). The van der Waals surface area contributed by atoms with Crippen molar-refractivity contribution < 1.29 is 9.53 Å². The van der Waals surface area contributed by atoms with E-state index in [4.69, 9.17) is 4.74 Å². The summed E-state index contributed by atoms with van der Waals surface area (Å²) in [6, 6.07) is 18.4. The smallest absolute Gasteiger partial charge is 0.224 e. The van der Waals surface area contributed by atoms with Crippen LogP contribution in [-0.4, -0.2) is 29.6 Å². The van der Waals surface area contributed by atoms with Crippen LogP contribution in [0.15, 0.2) is 67.0 Å². The maximum absolute atomic E-state index is 12.9. The molecule has 1 aliphatic rings. The van der Waals surface area contributed by atoms with Crippen molar-refractivity contribution in [2.24, 2.45) is 0 Å². The highest BCUT2D eigenvalue weighted by Gasteiger charge is 2.34. The van der Waals surface area contributed by atoms with Crippen molar-refractivity contribution in [3.63, 3.8) is 0 Å². The Hall–Kier alpha value is -2.72. The van der Waals surface area contributed by atoms with Gasteiger partial charge >= 0.3 is 0 Å². The maximum atomic E-state index is 12.9. The summed E-state index contributed by atoms with van der Waals surface area (Å²) >= 11 is 0. The van der Waals surface area contributed by atoms with E-state index in [2.05, 4.69) is 22.4 Å². The number of carbonyl (C=O) groups excluding carboxylic acids is 1. The molecule has 1 aromatic heterocycles. The first-order valence-electron chi connectivity index (χ1n) is 9.48. The van der Waals surface area contributed by atoms with Crippen molar-refractivity contribution in [3.8, 4) is 0 Å². The molecule has 1 aliphatic heterocycles. The minimum atomic E-state index is -0.241. The van der Waals surface area contributed by atoms with Gasteiger partial charge in [-0.05, 0) is 35.8 Å². The van der Waals surface area contributed by atoms with E-state index in [0.717, 1.165) is 35.6 Å². The minimum Gasteiger partial charge on any atom is -0.381 e. The molecule has 27 heavy (non-hydrogen) atoms. The second-order valence-electron chi connectivity index (χ2n) is 7.30. The predicted octanol–water partition coefficient (Wildman–Crippen LogP) is 3.69. The van der Waals surface area contributed by atoms with Crippen LogP contribution in [0.1, 0.15) is 24.0 Å². The van der Waals surface area contributed by atoms with Gasteiger partial charge in [-0.25, -0.2) is 0 Å². The monoisotopic (exact) mass is 360 g/mol. The number of ether oxygens (including phenoxy) is 1. The number of hydrogen-bond donors (Lipinski definition) is 1. The van der Waals surface area contributed by atoms with Crippen molar-refractivity contribution in [2.45, 2.75) is 31.2 Å². The normalized spacial score (nSPS) is 16.1. The van der Waals surface area contributed by atoms with Crippen molar-refractivity contribution in [3.05, 3.63) is 78.1 Å². The van der Waals surface area contributed by atoms with Crippen LogP contribution in [0, 0.1) is 0 Å². The highest BCUT2D eigenvalue weighted by molar-refractivity contribution is 5.89. The van der Waals surface area contributed by atoms with Gasteiger partial charge in [0.05, 0.1) is 6.42 Å². The van der Waals surface area contributed by atoms with Crippen LogP contribution >= 0.6 is 0 Å². The molecule has 4 heteroatoms. The van der Waals surface area contributed by atoms with Gasteiger partial charge in [0.1, 0.15) is 0 Å². The lowest BCUT2D eigenvalue weighted by atomic mass is 9.83. The van der Waals surface area contributed by atoms with Gasteiger partial charge in [-0.2, -0.15) is 0 Å². The van der Waals surface area contributed by atoms with Gasteiger partial charge in [0, 0.05) is 36.5 Å². The van der Waals surface area contributed by atoms with E-state index in [9.17, 15) is 4.79 Å². The summed E-state index contributed by atoms with van der Waals surface area (Å²) in [4.78, 5) is 17.2. The van der Waals surface area contributed by atoms with Crippen LogP contribution in [0.3, 0.4) is 0 Å². The highest BCUT2D eigenvalue weighted by Crippen LogP contribution is 2.26. The Morgan fingerprint density at radius 2 is 1.74 bits per heavy atom. The molecule has 3 aromatic rings. The molecule has 0 aliphatic carbocycles. The number of fused-ring (bicyclic) bond motifs is 1. The van der Waals surface area contributed by atoms with E-state index in [0.29, 0.717) is 19.6 Å². The van der Waals surface area contributed by atoms with Gasteiger partial charge in [-0.15, -0.1) is 0 Å². The number of benzene rings is 2. The Bertz CT molecular complexity index is 913. The third-order valence-corrected chi connectivity index (χ3v) is 5.34. The predicted molar refractivity (Wildman–Crippen MR) is 107 cm³/mol. The maximum Gasteiger partial charge on any atom is 0.224 e. The zero-order valence-electron chi connectivity index (χ0n) is 15.4. The fourth-order valence-electron chi connectivity index (χ4n) is 3.93. The van der Waals surface area contributed by atoms with E-state index in [1.54, 1.807) is 6.20 Å². The van der Waals surface area contributed by atoms with Crippen molar-refractivity contribution in [2.75, 3.05) is 13.2 Å². The lowest BCUT2D eigenvalue weighted by molar-refractivity contribution is -0.123. The van der Waals surface area contributed by atoms with Crippen LogP contribution in [0.4, 0.5) is 0 Å². The summed E-state index contributed by atoms with van der Waals surface area (Å²) in [6.45, 7) is 1.37. The van der Waals surface area contributed by atoms with Crippen molar-refractivity contribution in [1.29, 1.82) is 0 Å². The Morgan fingerprint density at radius 1 is 1.00 bits per heavy atom. The molecular formula is C23H24N2O2. The van der Waals surface area contributed by atoms with Crippen LogP contribution in [0.5, 0.6) is 0 Å². The number of pyridine rings is 1. The van der Waals surface area contributed by atoms with Gasteiger partial charge in [-0.3, -0.25) is 9.78 Å². The van der Waals surface area contributed by atoms with E-state index < -0.39 is 0 Å². The molecule has 0 bridgehead atoms. The second kappa shape index (κ2) is 7.89. The Labute approximate surface area is 159 Å². The number of nitrogens with zero attached hydrogens (tertiary/aromatic N) is 1. The van der Waals surface area contributed by atoms with Gasteiger partial charge in [0.25, 0.3) is 0 Å². The van der Waals surface area contributed by atoms with E-state index in [1.165, 1.54) is 5.56 Å².